The molecule has 0 amide bonds. The first-order chi connectivity index (χ1) is 7.57. The summed E-state index contributed by atoms with van der Waals surface area (Å²) < 4.78 is 5.24. The molecule has 0 aliphatic heterocycles. The number of ketones is 1. The van der Waals surface area contributed by atoms with Gasteiger partial charge in [0, 0.05) is 6.20 Å². The number of ether oxygens (including phenoxy) is 1. The summed E-state index contributed by atoms with van der Waals surface area (Å²) in [4.78, 5) is 30.8. The van der Waals surface area contributed by atoms with E-state index in [9.17, 15) is 9.59 Å². The molecule has 0 spiro atoms. The van der Waals surface area contributed by atoms with Gasteiger partial charge in [-0.05, 0) is 29.8 Å². The van der Waals surface area contributed by atoms with E-state index in [1.54, 1.807) is 6.92 Å². The Balaban J connectivity index is 2.86. The normalized spacial score (nSPS) is 11.9. The molecule has 1 atom stereocenters. The molecule has 0 aromatic carbocycles. The van der Waals surface area contributed by atoms with Crippen LogP contribution in [0.1, 0.15) is 24.3 Å². The molecule has 0 saturated carbocycles. The lowest BCUT2D eigenvalue weighted by Gasteiger charge is -2.09. The maximum absolute atomic E-state index is 11.9. The molecule has 1 aromatic heterocycles. The molecule has 1 unspecified atom stereocenters. The van der Waals surface area contributed by atoms with Crippen LogP contribution in [0.5, 0.6) is 0 Å². The highest BCUT2D eigenvalue weighted by atomic mass is 79.9. The molecule has 1 aromatic rings. The number of carbonyl (C=O) groups excluding carboxylic acids is 2. The largest absolute Gasteiger partial charge is 0.465 e. The summed E-state index contributed by atoms with van der Waals surface area (Å²) in [5.74, 6) is -1.78. The van der Waals surface area contributed by atoms with Crippen molar-refractivity contribution in [3.05, 3.63) is 22.7 Å². The van der Waals surface area contributed by atoms with Crippen molar-refractivity contribution in [1.29, 1.82) is 0 Å². The van der Waals surface area contributed by atoms with E-state index in [4.69, 9.17) is 4.74 Å². The average molecular weight is 287 g/mol. The summed E-state index contributed by atoms with van der Waals surface area (Å²) in [6.07, 6.45) is 2.72. The van der Waals surface area contributed by atoms with Gasteiger partial charge >= 0.3 is 5.97 Å². The van der Waals surface area contributed by atoms with Crippen molar-refractivity contribution in [3.8, 4) is 0 Å². The number of hydrogen-bond acceptors (Lipinski definition) is 5. The minimum Gasteiger partial charge on any atom is -0.465 e. The molecule has 0 aliphatic carbocycles. The number of hydrogen-bond donors (Lipinski definition) is 0. The highest BCUT2D eigenvalue weighted by Crippen LogP contribution is 2.16. The molecule has 1 heterocycles. The molecule has 0 fully saturated rings. The highest BCUT2D eigenvalue weighted by Gasteiger charge is 2.26. The van der Waals surface area contributed by atoms with Crippen LogP contribution in [0.2, 0.25) is 0 Å². The van der Waals surface area contributed by atoms with E-state index in [1.807, 2.05) is 0 Å². The Labute approximate surface area is 101 Å². The number of rotatable bonds is 4. The third-order valence-electron chi connectivity index (χ3n) is 1.93. The van der Waals surface area contributed by atoms with E-state index in [1.165, 1.54) is 19.4 Å². The molecule has 0 N–H and O–H groups in total. The number of esters is 1. The summed E-state index contributed by atoms with van der Waals surface area (Å²) in [7, 11) is 0. The Morgan fingerprint density at radius 2 is 2.25 bits per heavy atom. The Morgan fingerprint density at radius 3 is 2.81 bits per heavy atom. The van der Waals surface area contributed by atoms with E-state index < -0.39 is 11.9 Å². The van der Waals surface area contributed by atoms with E-state index >= 15 is 0 Å². The lowest BCUT2D eigenvalue weighted by molar-refractivity contribution is -0.145. The summed E-state index contributed by atoms with van der Waals surface area (Å²) in [6, 6.07) is 0. The average Bonchev–Trinajstić information content (AvgIpc) is 2.28. The predicted octanol–water partition coefficient (Wildman–Crippen LogP) is 1.62. The van der Waals surface area contributed by atoms with Gasteiger partial charge in [0.05, 0.1) is 11.1 Å². The maximum Gasteiger partial charge on any atom is 0.316 e. The summed E-state index contributed by atoms with van der Waals surface area (Å²) in [5, 5.41) is 0. The molecule has 1 rings (SSSR count). The van der Waals surface area contributed by atoms with Gasteiger partial charge < -0.3 is 4.74 Å². The van der Waals surface area contributed by atoms with Crippen LogP contribution < -0.4 is 0 Å². The lowest BCUT2D eigenvalue weighted by atomic mass is 10.0. The van der Waals surface area contributed by atoms with Crippen molar-refractivity contribution >= 4 is 27.7 Å². The van der Waals surface area contributed by atoms with Crippen molar-refractivity contribution < 1.29 is 14.3 Å². The van der Waals surface area contributed by atoms with Crippen LogP contribution in [0.3, 0.4) is 0 Å². The topological polar surface area (TPSA) is 69.2 Å². The molecule has 0 aliphatic rings. The minimum atomic E-state index is -0.855. The first-order valence-corrected chi connectivity index (χ1v) is 5.53. The quantitative estimate of drug-likeness (QED) is 0.478. The van der Waals surface area contributed by atoms with Crippen molar-refractivity contribution in [2.45, 2.75) is 13.8 Å². The van der Waals surface area contributed by atoms with Gasteiger partial charge in [-0.2, -0.15) is 0 Å². The van der Waals surface area contributed by atoms with Gasteiger partial charge in [-0.3, -0.25) is 9.59 Å². The van der Waals surface area contributed by atoms with Crippen LogP contribution in [0, 0.1) is 5.92 Å². The monoisotopic (exact) mass is 286 g/mol. The zero-order valence-electron chi connectivity index (χ0n) is 8.94. The second-order valence-electron chi connectivity index (χ2n) is 3.06. The van der Waals surface area contributed by atoms with Gasteiger partial charge in [0.15, 0.2) is 5.78 Å². The van der Waals surface area contributed by atoms with Gasteiger partial charge in [0.2, 0.25) is 0 Å². The SMILES string of the molecule is CCOC(=O)C(C)C(=O)c1ncncc1Br. The molecule has 5 nitrogen and oxygen atoms in total. The predicted molar refractivity (Wildman–Crippen MR) is 59.9 cm³/mol. The van der Waals surface area contributed by atoms with Gasteiger partial charge in [-0.25, -0.2) is 9.97 Å². The maximum atomic E-state index is 11.9. The molecule has 6 heteroatoms. The van der Waals surface area contributed by atoms with Crippen molar-refractivity contribution in [3.63, 3.8) is 0 Å². The number of carbonyl (C=O) groups is 2. The van der Waals surface area contributed by atoms with Crippen molar-refractivity contribution in [2.75, 3.05) is 6.61 Å². The van der Waals surface area contributed by atoms with Crippen LogP contribution >= 0.6 is 15.9 Å². The molecule has 0 radical (unpaired) electrons. The van der Waals surface area contributed by atoms with Crippen molar-refractivity contribution in [2.24, 2.45) is 5.92 Å². The molecule has 0 saturated heterocycles. The van der Waals surface area contributed by atoms with Crippen molar-refractivity contribution in [1.82, 2.24) is 9.97 Å². The second kappa shape index (κ2) is 5.69. The molecule has 0 bridgehead atoms. The zero-order valence-corrected chi connectivity index (χ0v) is 10.5. The van der Waals surface area contributed by atoms with Crippen LogP contribution in [-0.2, 0) is 9.53 Å². The minimum absolute atomic E-state index is 0.190. The van der Waals surface area contributed by atoms with Crippen LogP contribution in [0.15, 0.2) is 17.0 Å². The fraction of sp³-hybridized carbons (Fsp3) is 0.400. The van der Waals surface area contributed by atoms with Gasteiger partial charge in [-0.1, -0.05) is 0 Å². The first kappa shape index (κ1) is 12.8. The fourth-order valence-electron chi connectivity index (χ4n) is 1.07. The van der Waals surface area contributed by atoms with Gasteiger partial charge in [0.1, 0.15) is 17.9 Å². The van der Waals surface area contributed by atoms with Crippen LogP contribution in [-0.4, -0.2) is 28.3 Å². The Hall–Kier alpha value is -1.30. The van der Waals surface area contributed by atoms with Crippen LogP contribution in [0.25, 0.3) is 0 Å². The third kappa shape index (κ3) is 2.85. The fourth-order valence-corrected chi connectivity index (χ4v) is 1.49. The summed E-state index contributed by atoms with van der Waals surface area (Å²) in [5.41, 5.74) is 0.190. The van der Waals surface area contributed by atoms with Crippen LogP contribution in [0.4, 0.5) is 0 Å². The summed E-state index contributed by atoms with van der Waals surface area (Å²) >= 11 is 3.16. The highest BCUT2D eigenvalue weighted by molar-refractivity contribution is 9.10. The Kier molecular flexibility index (Phi) is 4.54. The first-order valence-electron chi connectivity index (χ1n) is 4.74. The Bertz CT molecular complexity index is 409. The number of Topliss-reactive ketones (excluding diaryl/α,β-unsaturated/α-hetero) is 1. The van der Waals surface area contributed by atoms with E-state index in [0.717, 1.165) is 0 Å². The third-order valence-corrected chi connectivity index (χ3v) is 2.51. The smallest absolute Gasteiger partial charge is 0.316 e. The number of aromatic nitrogens is 2. The standard InChI is InChI=1S/C10H11BrN2O3/c1-3-16-10(15)6(2)9(14)8-7(11)4-12-5-13-8/h4-6H,3H2,1-2H3. The van der Waals surface area contributed by atoms with Gasteiger partial charge in [0.25, 0.3) is 0 Å². The van der Waals surface area contributed by atoms with E-state index in [-0.39, 0.29) is 18.1 Å². The van der Waals surface area contributed by atoms with E-state index in [0.29, 0.717) is 4.47 Å². The molecular formula is C10H11BrN2O3. The summed E-state index contributed by atoms with van der Waals surface area (Å²) in [6.45, 7) is 3.44. The molecular weight excluding hydrogens is 276 g/mol. The zero-order chi connectivity index (χ0) is 12.1. The molecule has 86 valence electrons. The van der Waals surface area contributed by atoms with E-state index in [2.05, 4.69) is 25.9 Å². The Morgan fingerprint density at radius 1 is 1.56 bits per heavy atom. The number of nitrogens with zero attached hydrogens (tertiary/aromatic N) is 2. The van der Waals surface area contributed by atoms with Gasteiger partial charge in [-0.15, -0.1) is 0 Å². The lowest BCUT2D eigenvalue weighted by Crippen LogP contribution is -2.24. The second-order valence-corrected chi connectivity index (χ2v) is 3.91. The molecule has 16 heavy (non-hydrogen) atoms. The number of halogens is 1.